The van der Waals surface area contributed by atoms with Gasteiger partial charge < -0.3 is 0 Å². The maximum absolute atomic E-state index is 9.88. The van der Waals surface area contributed by atoms with Crippen LogP contribution in [0.25, 0.3) is 0 Å². The van der Waals surface area contributed by atoms with Crippen molar-refractivity contribution >= 4 is 14.7 Å². The minimum absolute atomic E-state index is 0.0716. The molecule has 0 aromatic rings. The predicted octanol–water partition coefficient (Wildman–Crippen LogP) is 0.463. The zero-order valence-electron chi connectivity index (χ0n) is 3.66. The molecule has 0 aromatic heterocycles. The topological polar surface area (TPSA) is 52.6 Å². The fourth-order valence-corrected chi connectivity index (χ4v) is 0.235. The Hall–Kier alpha value is -0.470. The lowest BCUT2D eigenvalue weighted by molar-refractivity contribution is -0.120. The van der Waals surface area contributed by atoms with Gasteiger partial charge in [0.1, 0.15) is 0 Å². The van der Waals surface area contributed by atoms with Gasteiger partial charge in [0, 0.05) is 4.57 Å². The van der Waals surface area contributed by atoms with E-state index in [0.717, 1.165) is 0 Å². The first-order valence-electron chi connectivity index (χ1n) is 1.43. The Kier molecular flexibility index (Phi) is 3.46. The maximum atomic E-state index is 9.88. The van der Waals surface area contributed by atoms with Crippen molar-refractivity contribution < 1.29 is 18.4 Å². The number of rotatable bonds is 3. The van der Waals surface area contributed by atoms with E-state index in [4.69, 9.17) is 0 Å². The second kappa shape index (κ2) is 3.71. The number of carbonyl (C=O) groups is 1. The molecule has 0 bridgehead atoms. The summed E-state index contributed by atoms with van der Waals surface area (Å²) in [5.41, 5.74) is 0. The summed E-state index contributed by atoms with van der Waals surface area (Å²) in [4.78, 5) is 9.29. The van der Waals surface area contributed by atoms with Gasteiger partial charge in [0.2, 0.25) is 0 Å². The van der Waals surface area contributed by atoms with Crippen molar-refractivity contribution in [3.63, 3.8) is 0 Å². The number of hydrogen-bond acceptors (Lipinski definition) is 4. The third-order valence-electron chi connectivity index (χ3n) is 0.278. The molecule has 1 unspecified atom stereocenters. The van der Waals surface area contributed by atoms with E-state index in [1.165, 1.54) is 7.11 Å². The second-order valence-electron chi connectivity index (χ2n) is 0.608. The fraction of sp³-hybridized carbons (Fsp3) is 0.500. The lowest BCUT2D eigenvalue weighted by Crippen LogP contribution is -1.73. The molecule has 0 fully saturated rings. The van der Waals surface area contributed by atoms with Crippen molar-refractivity contribution in [2.45, 2.75) is 0 Å². The van der Waals surface area contributed by atoms with Gasteiger partial charge in [0.15, 0.2) is 0 Å². The van der Waals surface area contributed by atoms with Crippen LogP contribution < -0.4 is 0 Å². The molecule has 4 nitrogen and oxygen atoms in total. The lowest BCUT2D eigenvalue weighted by atomic mass is 11.7. The average Bonchev–Trinajstić information content (AvgIpc) is 1.68. The largest absolute Gasteiger partial charge is 0.752 e. The molecular formula is C2H4O4P+. The molecule has 0 aliphatic heterocycles. The molecule has 5 heteroatoms. The minimum atomic E-state index is -2.20. The Bertz CT molecular complexity index is 79.8. The summed E-state index contributed by atoms with van der Waals surface area (Å²) in [5.74, 6) is 0. The van der Waals surface area contributed by atoms with Crippen molar-refractivity contribution in [3.8, 4) is 0 Å². The Balaban J connectivity index is 3.17. The van der Waals surface area contributed by atoms with E-state index in [2.05, 4.69) is 9.05 Å². The SMILES string of the molecule is CO[P+](=O)OC=O. The summed E-state index contributed by atoms with van der Waals surface area (Å²) in [6.45, 7) is 0.0716. The predicted molar refractivity (Wildman–Crippen MR) is 21.8 cm³/mol. The van der Waals surface area contributed by atoms with E-state index in [9.17, 15) is 9.36 Å². The number of hydrogen-bond donors (Lipinski definition) is 0. The monoisotopic (exact) mass is 123 g/mol. The van der Waals surface area contributed by atoms with E-state index in [0.29, 0.717) is 0 Å². The van der Waals surface area contributed by atoms with Crippen LogP contribution in [0.2, 0.25) is 0 Å². The molecule has 0 aromatic carbocycles. The van der Waals surface area contributed by atoms with Crippen molar-refractivity contribution in [1.82, 2.24) is 0 Å². The molecule has 0 saturated heterocycles. The van der Waals surface area contributed by atoms with Gasteiger partial charge >= 0.3 is 14.7 Å². The van der Waals surface area contributed by atoms with Crippen LogP contribution in [0.5, 0.6) is 0 Å². The quantitative estimate of drug-likeness (QED) is 0.404. The molecule has 0 spiro atoms. The summed E-state index contributed by atoms with van der Waals surface area (Å²) in [6.07, 6.45) is 0. The molecule has 0 N–H and O–H groups in total. The van der Waals surface area contributed by atoms with Gasteiger partial charge in [-0.3, -0.25) is 4.79 Å². The van der Waals surface area contributed by atoms with E-state index in [1.807, 2.05) is 0 Å². The van der Waals surface area contributed by atoms with Gasteiger partial charge in [0.25, 0.3) is 0 Å². The second-order valence-corrected chi connectivity index (χ2v) is 1.63. The summed E-state index contributed by atoms with van der Waals surface area (Å²) < 4.78 is 17.7. The third kappa shape index (κ3) is 3.36. The molecule has 0 radical (unpaired) electrons. The van der Waals surface area contributed by atoms with Crippen LogP contribution in [0.3, 0.4) is 0 Å². The molecule has 0 heterocycles. The highest BCUT2D eigenvalue weighted by Crippen LogP contribution is 2.18. The first-order valence-corrected chi connectivity index (χ1v) is 2.52. The molecule has 40 valence electrons. The Morgan fingerprint density at radius 2 is 2.29 bits per heavy atom. The van der Waals surface area contributed by atoms with Gasteiger partial charge in [-0.2, -0.15) is 4.52 Å². The standard InChI is InChI=1S/C2H4O4P/c1-5-7(4)6-2-3/h2H,1H3/q+1. The van der Waals surface area contributed by atoms with Crippen molar-refractivity contribution in [2.24, 2.45) is 0 Å². The van der Waals surface area contributed by atoms with Crippen molar-refractivity contribution in [2.75, 3.05) is 7.11 Å². The van der Waals surface area contributed by atoms with E-state index in [-0.39, 0.29) is 6.47 Å². The summed E-state index contributed by atoms with van der Waals surface area (Å²) in [6, 6.07) is 0. The van der Waals surface area contributed by atoms with Crippen LogP contribution >= 0.6 is 8.25 Å². The van der Waals surface area contributed by atoms with Gasteiger partial charge in [-0.15, -0.1) is 4.52 Å². The van der Waals surface area contributed by atoms with Crippen LogP contribution in [0.1, 0.15) is 0 Å². The lowest BCUT2D eigenvalue weighted by Gasteiger charge is -1.67. The van der Waals surface area contributed by atoms with E-state index < -0.39 is 8.25 Å². The first-order chi connectivity index (χ1) is 3.31. The Morgan fingerprint density at radius 1 is 1.71 bits per heavy atom. The highest BCUT2D eigenvalue weighted by Gasteiger charge is 2.14. The average molecular weight is 123 g/mol. The Morgan fingerprint density at radius 3 is 2.43 bits per heavy atom. The molecular weight excluding hydrogens is 119 g/mol. The van der Waals surface area contributed by atoms with Gasteiger partial charge in [-0.25, -0.2) is 0 Å². The van der Waals surface area contributed by atoms with Crippen LogP contribution in [-0.4, -0.2) is 13.6 Å². The van der Waals surface area contributed by atoms with E-state index >= 15 is 0 Å². The van der Waals surface area contributed by atoms with Gasteiger partial charge in [0.05, 0.1) is 7.11 Å². The number of carbonyl (C=O) groups excluding carboxylic acids is 1. The van der Waals surface area contributed by atoms with Crippen LogP contribution in [-0.2, 0) is 18.4 Å². The minimum Gasteiger partial charge on any atom is -0.250 e. The summed E-state index contributed by atoms with van der Waals surface area (Å²) in [5, 5.41) is 0. The smallest absolute Gasteiger partial charge is 0.250 e. The van der Waals surface area contributed by atoms with Crippen molar-refractivity contribution in [3.05, 3.63) is 0 Å². The third-order valence-corrected chi connectivity index (χ3v) is 0.835. The van der Waals surface area contributed by atoms with Gasteiger partial charge in [-0.05, 0) is 0 Å². The molecule has 0 amide bonds. The highest BCUT2D eigenvalue weighted by atomic mass is 31.1. The zero-order chi connectivity index (χ0) is 5.70. The normalized spacial score (nSPS) is 10.1. The van der Waals surface area contributed by atoms with Gasteiger partial charge in [-0.1, -0.05) is 0 Å². The van der Waals surface area contributed by atoms with Crippen LogP contribution in [0, 0.1) is 0 Å². The first kappa shape index (κ1) is 6.53. The molecule has 1 atom stereocenters. The zero-order valence-corrected chi connectivity index (χ0v) is 4.55. The van der Waals surface area contributed by atoms with E-state index in [1.54, 1.807) is 0 Å². The van der Waals surface area contributed by atoms with Crippen molar-refractivity contribution in [1.29, 1.82) is 0 Å². The highest BCUT2D eigenvalue weighted by molar-refractivity contribution is 7.33. The van der Waals surface area contributed by atoms with Crippen LogP contribution in [0.4, 0.5) is 0 Å². The van der Waals surface area contributed by atoms with Crippen LogP contribution in [0.15, 0.2) is 0 Å². The molecule has 0 rings (SSSR count). The molecule has 0 aliphatic rings. The molecule has 7 heavy (non-hydrogen) atoms. The summed E-state index contributed by atoms with van der Waals surface area (Å²) >= 11 is 0. The summed E-state index contributed by atoms with van der Waals surface area (Å²) in [7, 11) is -1.01. The fourth-order valence-electron chi connectivity index (χ4n) is 0.0782. The molecule has 0 aliphatic carbocycles. The molecule has 0 saturated carbocycles. The maximum Gasteiger partial charge on any atom is 0.752 e. The Labute approximate surface area is 41.4 Å².